The van der Waals surface area contributed by atoms with Crippen LogP contribution in [0, 0.1) is 6.92 Å². The Morgan fingerprint density at radius 2 is 2.00 bits per heavy atom. The molecule has 0 heterocycles. The van der Waals surface area contributed by atoms with Crippen molar-refractivity contribution in [2.45, 2.75) is 6.92 Å². The van der Waals surface area contributed by atoms with Gasteiger partial charge < -0.3 is 14.6 Å². The van der Waals surface area contributed by atoms with E-state index in [1.807, 2.05) is 0 Å². The molecule has 0 aliphatic carbocycles. The van der Waals surface area contributed by atoms with Gasteiger partial charge in [-0.2, -0.15) is 0 Å². The maximum Gasteiger partial charge on any atom is 0.341 e. The van der Waals surface area contributed by atoms with Crippen LogP contribution < -0.4 is 4.74 Å². The van der Waals surface area contributed by atoms with Crippen LogP contribution in [-0.2, 0) is 4.74 Å². The summed E-state index contributed by atoms with van der Waals surface area (Å²) in [7, 11) is 2.76. The summed E-state index contributed by atoms with van der Waals surface area (Å²) in [6.45, 7) is 1.78. The average molecular weight is 196 g/mol. The molecule has 4 nitrogen and oxygen atoms in total. The van der Waals surface area contributed by atoms with Crippen molar-refractivity contribution in [3.63, 3.8) is 0 Å². The van der Waals surface area contributed by atoms with Gasteiger partial charge in [0.2, 0.25) is 0 Å². The highest BCUT2D eigenvalue weighted by Gasteiger charge is 2.14. The van der Waals surface area contributed by atoms with Crippen LogP contribution in [0.3, 0.4) is 0 Å². The molecule has 76 valence electrons. The topological polar surface area (TPSA) is 55.8 Å². The number of carbonyl (C=O) groups excluding carboxylic acids is 1. The first-order valence-corrected chi connectivity index (χ1v) is 4.06. The molecule has 0 aliphatic rings. The minimum atomic E-state index is -0.583. The number of phenols is 1. The summed E-state index contributed by atoms with van der Waals surface area (Å²) in [5.41, 5.74) is 0.868. The van der Waals surface area contributed by atoms with E-state index >= 15 is 0 Å². The van der Waals surface area contributed by atoms with Crippen LogP contribution in [0.4, 0.5) is 0 Å². The summed E-state index contributed by atoms with van der Waals surface area (Å²) >= 11 is 0. The van der Waals surface area contributed by atoms with Gasteiger partial charge in [-0.15, -0.1) is 0 Å². The molecule has 0 aliphatic heterocycles. The molecule has 1 aromatic carbocycles. The molecule has 1 rings (SSSR count). The Morgan fingerprint density at radius 3 is 2.50 bits per heavy atom. The third-order valence-electron chi connectivity index (χ3n) is 1.92. The lowest BCUT2D eigenvalue weighted by atomic mass is 10.1. The number of hydrogen-bond donors (Lipinski definition) is 1. The number of phenolic OH excluding ortho intramolecular Hbond substituents is 1. The summed E-state index contributed by atoms with van der Waals surface area (Å²) < 4.78 is 9.52. The Hall–Kier alpha value is -1.71. The van der Waals surface area contributed by atoms with E-state index in [-0.39, 0.29) is 11.3 Å². The molecular formula is C10H12O4. The van der Waals surface area contributed by atoms with Crippen molar-refractivity contribution in [3.8, 4) is 11.5 Å². The molecule has 0 fully saturated rings. The molecular weight excluding hydrogens is 184 g/mol. The van der Waals surface area contributed by atoms with Gasteiger partial charge in [-0.3, -0.25) is 0 Å². The fourth-order valence-electron chi connectivity index (χ4n) is 1.17. The van der Waals surface area contributed by atoms with Crippen LogP contribution in [0.1, 0.15) is 15.9 Å². The minimum Gasteiger partial charge on any atom is -0.507 e. The van der Waals surface area contributed by atoms with E-state index in [0.717, 1.165) is 5.56 Å². The highest BCUT2D eigenvalue weighted by molar-refractivity contribution is 5.93. The summed E-state index contributed by atoms with van der Waals surface area (Å²) in [6, 6.07) is 2.92. The molecule has 0 amide bonds. The van der Waals surface area contributed by atoms with Gasteiger partial charge in [0.1, 0.15) is 17.1 Å². The smallest absolute Gasteiger partial charge is 0.341 e. The van der Waals surface area contributed by atoms with Crippen molar-refractivity contribution in [3.05, 3.63) is 23.3 Å². The summed E-state index contributed by atoms with van der Waals surface area (Å²) in [4.78, 5) is 11.2. The number of methoxy groups -OCH3 is 2. The fourth-order valence-corrected chi connectivity index (χ4v) is 1.17. The molecule has 0 saturated heterocycles. The van der Waals surface area contributed by atoms with Gasteiger partial charge in [-0.25, -0.2) is 4.79 Å². The predicted molar refractivity (Wildman–Crippen MR) is 50.7 cm³/mol. The molecule has 1 aromatic rings. The van der Waals surface area contributed by atoms with Crippen molar-refractivity contribution < 1.29 is 19.4 Å². The quantitative estimate of drug-likeness (QED) is 0.728. The molecule has 1 N–H and O–H groups in total. The number of aryl methyl sites for hydroxylation is 1. The summed E-state index contributed by atoms with van der Waals surface area (Å²) in [5.74, 6) is -0.140. The van der Waals surface area contributed by atoms with E-state index in [4.69, 9.17) is 4.74 Å². The SMILES string of the molecule is COC(=O)c1cc(OC)c(C)cc1O. The lowest BCUT2D eigenvalue weighted by molar-refractivity contribution is 0.0597. The molecule has 4 heteroatoms. The Bertz CT molecular complexity index is 357. The number of esters is 1. The van der Waals surface area contributed by atoms with Gasteiger partial charge in [-0.1, -0.05) is 0 Å². The number of rotatable bonds is 2. The van der Waals surface area contributed by atoms with Gasteiger partial charge in [0.25, 0.3) is 0 Å². The monoisotopic (exact) mass is 196 g/mol. The largest absolute Gasteiger partial charge is 0.507 e. The molecule has 0 atom stereocenters. The lowest BCUT2D eigenvalue weighted by Gasteiger charge is -2.08. The molecule has 0 unspecified atom stereocenters. The van der Waals surface area contributed by atoms with Crippen molar-refractivity contribution in [2.24, 2.45) is 0 Å². The summed E-state index contributed by atoms with van der Waals surface area (Å²) in [5, 5.41) is 9.46. The maximum atomic E-state index is 11.2. The van der Waals surface area contributed by atoms with Gasteiger partial charge in [0.05, 0.1) is 14.2 Å². The van der Waals surface area contributed by atoms with E-state index in [1.165, 1.54) is 26.4 Å². The third-order valence-corrected chi connectivity index (χ3v) is 1.92. The molecule has 0 radical (unpaired) electrons. The number of ether oxygens (including phenoxy) is 2. The zero-order valence-electron chi connectivity index (χ0n) is 8.33. The van der Waals surface area contributed by atoms with E-state index in [9.17, 15) is 9.90 Å². The first kappa shape index (κ1) is 10.4. The maximum absolute atomic E-state index is 11.2. The first-order valence-electron chi connectivity index (χ1n) is 4.06. The number of aromatic hydroxyl groups is 1. The molecule has 0 aromatic heterocycles. The molecule has 0 bridgehead atoms. The third kappa shape index (κ3) is 1.79. The van der Waals surface area contributed by atoms with Gasteiger partial charge >= 0.3 is 5.97 Å². The highest BCUT2D eigenvalue weighted by Crippen LogP contribution is 2.27. The molecule has 14 heavy (non-hydrogen) atoms. The Morgan fingerprint density at radius 1 is 1.36 bits per heavy atom. The second-order valence-electron chi connectivity index (χ2n) is 2.83. The van der Waals surface area contributed by atoms with E-state index in [0.29, 0.717) is 5.75 Å². The van der Waals surface area contributed by atoms with Crippen LogP contribution >= 0.6 is 0 Å². The lowest BCUT2D eigenvalue weighted by Crippen LogP contribution is -2.02. The molecule has 0 saturated carbocycles. The van der Waals surface area contributed by atoms with Crippen LogP contribution in [0.2, 0.25) is 0 Å². The number of benzene rings is 1. The zero-order valence-corrected chi connectivity index (χ0v) is 8.33. The van der Waals surface area contributed by atoms with Crippen LogP contribution in [0.5, 0.6) is 11.5 Å². The van der Waals surface area contributed by atoms with Gasteiger partial charge in [-0.05, 0) is 24.6 Å². The minimum absolute atomic E-state index is 0.102. The van der Waals surface area contributed by atoms with Crippen molar-refractivity contribution >= 4 is 5.97 Å². The number of carbonyl (C=O) groups is 1. The van der Waals surface area contributed by atoms with Crippen LogP contribution in [-0.4, -0.2) is 25.3 Å². The predicted octanol–water partition coefficient (Wildman–Crippen LogP) is 1.50. The summed E-state index contributed by atoms with van der Waals surface area (Å²) in [6.07, 6.45) is 0. The fraction of sp³-hybridized carbons (Fsp3) is 0.300. The Labute approximate surface area is 82.1 Å². The van der Waals surface area contributed by atoms with Gasteiger partial charge in [0.15, 0.2) is 0 Å². The first-order chi connectivity index (χ1) is 6.60. The van der Waals surface area contributed by atoms with E-state index in [1.54, 1.807) is 6.92 Å². The van der Waals surface area contributed by atoms with Crippen molar-refractivity contribution in [1.29, 1.82) is 0 Å². The Kier molecular flexibility index (Phi) is 2.96. The van der Waals surface area contributed by atoms with Crippen molar-refractivity contribution in [1.82, 2.24) is 0 Å². The van der Waals surface area contributed by atoms with E-state index < -0.39 is 5.97 Å². The van der Waals surface area contributed by atoms with Gasteiger partial charge in [0, 0.05) is 0 Å². The van der Waals surface area contributed by atoms with Crippen LogP contribution in [0.25, 0.3) is 0 Å². The van der Waals surface area contributed by atoms with Crippen LogP contribution in [0.15, 0.2) is 12.1 Å². The second kappa shape index (κ2) is 4.00. The molecule has 0 spiro atoms. The average Bonchev–Trinajstić information content (AvgIpc) is 2.17. The normalized spacial score (nSPS) is 9.64. The Balaban J connectivity index is 3.24. The zero-order chi connectivity index (χ0) is 10.7. The highest BCUT2D eigenvalue weighted by atomic mass is 16.5. The van der Waals surface area contributed by atoms with E-state index in [2.05, 4.69) is 4.74 Å². The van der Waals surface area contributed by atoms with Crippen molar-refractivity contribution in [2.75, 3.05) is 14.2 Å². The number of hydrogen-bond acceptors (Lipinski definition) is 4. The standard InChI is InChI=1S/C10H12O4/c1-6-4-8(11)7(10(12)14-3)5-9(6)13-2/h4-5,11H,1-3H3. The second-order valence-corrected chi connectivity index (χ2v) is 2.83.